The van der Waals surface area contributed by atoms with Crippen LogP contribution >= 0.6 is 0 Å². The van der Waals surface area contributed by atoms with Gasteiger partial charge in [-0.2, -0.15) is 0 Å². The average molecular weight is 277 g/mol. The van der Waals surface area contributed by atoms with E-state index >= 15 is 0 Å². The molecular weight excluding hydrogens is 246 g/mol. The number of likely N-dealkylation sites (N-methyl/N-ethyl adjacent to an activating group) is 1. The number of nitrogens with zero attached hydrogens (tertiary/aromatic N) is 3. The minimum absolute atomic E-state index is 0.691. The summed E-state index contributed by atoms with van der Waals surface area (Å²) >= 11 is 0. The summed E-state index contributed by atoms with van der Waals surface area (Å²) in [7, 11) is 4.46. The zero-order valence-corrected chi connectivity index (χ0v) is 13.7. The van der Waals surface area contributed by atoms with Gasteiger partial charge in [-0.1, -0.05) is 19.6 Å². The SMILES string of the molecule is C=C/C=C(/CN(C)C1CCC(N(C)CC)CC1)N=CC. The van der Waals surface area contributed by atoms with Crippen molar-refractivity contribution >= 4 is 6.21 Å². The Kier molecular flexibility index (Phi) is 7.78. The summed E-state index contributed by atoms with van der Waals surface area (Å²) < 4.78 is 0. The van der Waals surface area contributed by atoms with Gasteiger partial charge in [-0.15, -0.1) is 0 Å². The van der Waals surface area contributed by atoms with E-state index in [1.54, 1.807) is 0 Å². The molecule has 0 saturated heterocycles. The maximum Gasteiger partial charge on any atom is 0.0539 e. The fourth-order valence-electron chi connectivity index (χ4n) is 3.02. The van der Waals surface area contributed by atoms with Crippen LogP contribution in [-0.4, -0.2) is 55.3 Å². The van der Waals surface area contributed by atoms with E-state index in [1.807, 2.05) is 25.3 Å². The third-order valence-electron chi connectivity index (χ3n) is 4.43. The van der Waals surface area contributed by atoms with Gasteiger partial charge in [-0.3, -0.25) is 9.89 Å². The minimum atomic E-state index is 0.691. The number of allylic oxidation sites excluding steroid dienone is 2. The first-order valence-electron chi connectivity index (χ1n) is 7.83. The predicted molar refractivity (Wildman–Crippen MR) is 89.4 cm³/mol. The highest BCUT2D eigenvalue weighted by Crippen LogP contribution is 2.25. The highest BCUT2D eigenvalue weighted by Gasteiger charge is 2.25. The molecule has 3 heteroatoms. The Labute approximate surface area is 125 Å². The number of hydrogen-bond donors (Lipinski definition) is 0. The van der Waals surface area contributed by atoms with Crippen molar-refractivity contribution in [3.05, 3.63) is 24.4 Å². The largest absolute Gasteiger partial charge is 0.304 e. The molecule has 0 atom stereocenters. The standard InChI is InChI=1S/C17H31N3/c1-6-9-15(18-7-2)14-20(5)17-12-10-16(11-13-17)19(4)8-3/h6-7,9,16-17H,1,8,10-14H2,2-5H3/b15-9-,18-7?. The van der Waals surface area contributed by atoms with Crippen molar-refractivity contribution in [3.8, 4) is 0 Å². The van der Waals surface area contributed by atoms with Crippen molar-refractivity contribution in [2.75, 3.05) is 27.2 Å². The molecule has 1 rings (SSSR count). The molecule has 0 radical (unpaired) electrons. The van der Waals surface area contributed by atoms with Crippen LogP contribution in [0.1, 0.15) is 39.5 Å². The Bertz CT molecular complexity index is 338. The van der Waals surface area contributed by atoms with Crippen molar-refractivity contribution < 1.29 is 0 Å². The van der Waals surface area contributed by atoms with Gasteiger partial charge in [0.15, 0.2) is 0 Å². The molecule has 0 amide bonds. The summed E-state index contributed by atoms with van der Waals surface area (Å²) in [6.07, 6.45) is 10.9. The molecule has 1 aliphatic carbocycles. The fourth-order valence-corrected chi connectivity index (χ4v) is 3.02. The highest BCUT2D eigenvalue weighted by atomic mass is 15.2. The first-order chi connectivity index (χ1) is 9.62. The first-order valence-corrected chi connectivity index (χ1v) is 7.83. The monoisotopic (exact) mass is 277 g/mol. The lowest BCUT2D eigenvalue weighted by molar-refractivity contribution is 0.133. The van der Waals surface area contributed by atoms with Crippen LogP contribution in [0.3, 0.4) is 0 Å². The number of rotatable bonds is 7. The van der Waals surface area contributed by atoms with E-state index in [9.17, 15) is 0 Å². The third-order valence-corrected chi connectivity index (χ3v) is 4.43. The molecule has 0 bridgehead atoms. The van der Waals surface area contributed by atoms with E-state index in [4.69, 9.17) is 0 Å². The smallest absolute Gasteiger partial charge is 0.0539 e. The van der Waals surface area contributed by atoms with Crippen LogP contribution in [0.2, 0.25) is 0 Å². The van der Waals surface area contributed by atoms with Gasteiger partial charge >= 0.3 is 0 Å². The summed E-state index contributed by atoms with van der Waals surface area (Å²) in [5.41, 5.74) is 1.10. The quantitative estimate of drug-likeness (QED) is 0.525. The minimum Gasteiger partial charge on any atom is -0.304 e. The highest BCUT2D eigenvalue weighted by molar-refractivity contribution is 5.55. The van der Waals surface area contributed by atoms with Gasteiger partial charge in [0.2, 0.25) is 0 Å². The molecule has 0 aromatic rings. The molecule has 3 nitrogen and oxygen atoms in total. The van der Waals surface area contributed by atoms with Crippen LogP contribution in [0, 0.1) is 0 Å². The van der Waals surface area contributed by atoms with Crippen molar-refractivity contribution in [3.63, 3.8) is 0 Å². The lowest BCUT2D eigenvalue weighted by Gasteiger charge is -2.38. The summed E-state index contributed by atoms with van der Waals surface area (Å²) in [6, 6.07) is 1.47. The van der Waals surface area contributed by atoms with Crippen LogP contribution in [0.25, 0.3) is 0 Å². The molecule has 1 aliphatic rings. The zero-order chi connectivity index (χ0) is 15.0. The van der Waals surface area contributed by atoms with Crippen LogP contribution in [0.4, 0.5) is 0 Å². The normalized spacial score (nSPS) is 24.8. The van der Waals surface area contributed by atoms with E-state index in [2.05, 4.69) is 42.4 Å². The van der Waals surface area contributed by atoms with Crippen LogP contribution < -0.4 is 0 Å². The Morgan fingerprint density at radius 3 is 2.15 bits per heavy atom. The van der Waals surface area contributed by atoms with E-state index in [-0.39, 0.29) is 0 Å². The van der Waals surface area contributed by atoms with Crippen molar-refractivity contribution in [1.29, 1.82) is 0 Å². The molecule has 0 heterocycles. The first kappa shape index (κ1) is 17.1. The molecule has 0 N–H and O–H groups in total. The Morgan fingerprint density at radius 2 is 1.70 bits per heavy atom. The van der Waals surface area contributed by atoms with Gasteiger partial charge in [0, 0.05) is 24.8 Å². The van der Waals surface area contributed by atoms with Gasteiger partial charge in [0.1, 0.15) is 0 Å². The van der Waals surface area contributed by atoms with Crippen molar-refractivity contribution in [2.24, 2.45) is 4.99 Å². The molecule has 1 fully saturated rings. The summed E-state index contributed by atoms with van der Waals surface area (Å²) in [5.74, 6) is 0. The van der Waals surface area contributed by atoms with Crippen molar-refractivity contribution in [1.82, 2.24) is 9.80 Å². The molecule has 0 aliphatic heterocycles. The fraction of sp³-hybridized carbons (Fsp3) is 0.706. The number of aliphatic imine (C=N–C) groups is 1. The van der Waals surface area contributed by atoms with Crippen LogP contribution in [-0.2, 0) is 0 Å². The molecule has 0 spiro atoms. The lowest BCUT2D eigenvalue weighted by atomic mass is 9.89. The second-order valence-electron chi connectivity index (χ2n) is 5.73. The molecule has 1 saturated carbocycles. The van der Waals surface area contributed by atoms with E-state index in [1.165, 1.54) is 25.7 Å². The third kappa shape index (κ3) is 5.22. The lowest BCUT2D eigenvalue weighted by Crippen LogP contribution is -2.42. The molecule has 0 aromatic heterocycles. The van der Waals surface area contributed by atoms with Gasteiger partial charge in [0.05, 0.1) is 5.70 Å². The second-order valence-corrected chi connectivity index (χ2v) is 5.73. The summed E-state index contributed by atoms with van der Waals surface area (Å²) in [6.45, 7) is 10.0. The van der Waals surface area contributed by atoms with E-state index in [0.717, 1.165) is 24.8 Å². The average Bonchev–Trinajstić information content (AvgIpc) is 2.47. The Hall–Kier alpha value is -0.930. The molecule has 0 aromatic carbocycles. The van der Waals surface area contributed by atoms with Gasteiger partial charge < -0.3 is 4.90 Å². The van der Waals surface area contributed by atoms with E-state index in [0.29, 0.717) is 6.04 Å². The van der Waals surface area contributed by atoms with Crippen LogP contribution in [0.15, 0.2) is 29.4 Å². The second kappa shape index (κ2) is 9.09. The molecule has 0 unspecified atom stereocenters. The maximum absolute atomic E-state index is 4.42. The zero-order valence-electron chi connectivity index (χ0n) is 13.7. The van der Waals surface area contributed by atoms with Gasteiger partial charge in [0.25, 0.3) is 0 Å². The van der Waals surface area contributed by atoms with Crippen molar-refractivity contribution in [2.45, 2.75) is 51.6 Å². The number of hydrogen-bond acceptors (Lipinski definition) is 3. The molecule has 114 valence electrons. The van der Waals surface area contributed by atoms with Gasteiger partial charge in [-0.05, 0) is 59.3 Å². The summed E-state index contributed by atoms with van der Waals surface area (Å²) in [4.78, 5) is 9.36. The topological polar surface area (TPSA) is 18.8 Å². The Morgan fingerprint density at radius 1 is 1.15 bits per heavy atom. The molecule has 20 heavy (non-hydrogen) atoms. The summed E-state index contributed by atoms with van der Waals surface area (Å²) in [5, 5.41) is 0. The molecular formula is C17H31N3. The Balaban J connectivity index is 2.48. The van der Waals surface area contributed by atoms with E-state index < -0.39 is 0 Å². The van der Waals surface area contributed by atoms with Gasteiger partial charge in [-0.25, -0.2) is 0 Å². The maximum atomic E-state index is 4.42. The predicted octanol–water partition coefficient (Wildman–Crippen LogP) is 3.34. The van der Waals surface area contributed by atoms with Crippen LogP contribution in [0.5, 0.6) is 0 Å².